The fourth-order valence-electron chi connectivity index (χ4n) is 4.82. The lowest BCUT2D eigenvalue weighted by molar-refractivity contribution is 0.292. The Bertz CT molecular complexity index is 1480. The smallest absolute Gasteiger partial charge is 0.126 e. The van der Waals surface area contributed by atoms with E-state index in [9.17, 15) is 4.39 Å². The maximum Gasteiger partial charge on any atom is 0.126 e. The summed E-state index contributed by atoms with van der Waals surface area (Å²) in [6.07, 6.45) is 4.47. The van der Waals surface area contributed by atoms with Crippen molar-refractivity contribution in [2.24, 2.45) is 7.05 Å². The highest BCUT2D eigenvalue weighted by molar-refractivity contribution is 6.31. The molecule has 0 fully saturated rings. The van der Waals surface area contributed by atoms with Gasteiger partial charge in [-0.25, -0.2) is 9.37 Å². The summed E-state index contributed by atoms with van der Waals surface area (Å²) in [5.41, 5.74) is 5.49. The molecule has 0 aliphatic carbocycles. The van der Waals surface area contributed by atoms with Crippen LogP contribution in [-0.2, 0) is 19.0 Å². The molecule has 0 spiro atoms. The minimum Gasteiger partial charge on any atom is -0.356 e. The fourth-order valence-corrected chi connectivity index (χ4v) is 4.99. The second-order valence-corrected chi connectivity index (χ2v) is 9.30. The Morgan fingerprint density at radius 1 is 1.12 bits per heavy atom. The molecule has 33 heavy (non-hydrogen) atoms. The van der Waals surface area contributed by atoms with Gasteiger partial charge in [-0.3, -0.25) is 10.00 Å². The van der Waals surface area contributed by atoms with Gasteiger partial charge in [-0.2, -0.15) is 5.10 Å². The van der Waals surface area contributed by atoms with Crippen LogP contribution >= 0.6 is 11.6 Å². The van der Waals surface area contributed by atoms with E-state index in [1.165, 1.54) is 17.7 Å². The van der Waals surface area contributed by atoms with Crippen LogP contribution in [0, 0.1) is 5.82 Å². The molecule has 6 rings (SSSR count). The van der Waals surface area contributed by atoms with Crippen molar-refractivity contribution in [3.05, 3.63) is 94.5 Å². The van der Waals surface area contributed by atoms with Crippen molar-refractivity contribution < 1.29 is 4.39 Å². The summed E-state index contributed by atoms with van der Waals surface area (Å²) in [6, 6.07) is 14.2. The standard InChI is InChI=1S/C25H22ClFN6/c1-25(24-28-13-21(30-24)14-3-6-16(27)7-4-14)12-18-17-8-5-15(26)11-20(17)29-22(18)23(31-25)19-9-10-33(2)32-19/h3-11,13,23,29,31H,12H2,1-2H3,(H,28,30)/t23?,25-/m1/s1. The van der Waals surface area contributed by atoms with Gasteiger partial charge < -0.3 is 9.97 Å². The second-order valence-electron chi connectivity index (χ2n) is 8.86. The summed E-state index contributed by atoms with van der Waals surface area (Å²) in [4.78, 5) is 11.8. The first-order chi connectivity index (χ1) is 15.9. The van der Waals surface area contributed by atoms with Crippen LogP contribution in [0.25, 0.3) is 22.2 Å². The van der Waals surface area contributed by atoms with E-state index in [0.717, 1.165) is 45.8 Å². The Kier molecular flexibility index (Phi) is 4.47. The number of nitrogens with zero attached hydrogens (tertiary/aromatic N) is 3. The normalized spacial score (nSPS) is 20.3. The number of fused-ring (bicyclic) bond motifs is 3. The van der Waals surface area contributed by atoms with Crippen LogP contribution in [0.15, 0.2) is 60.9 Å². The van der Waals surface area contributed by atoms with Gasteiger partial charge in [0.05, 0.1) is 29.2 Å². The molecule has 1 aliphatic heterocycles. The predicted molar refractivity (Wildman–Crippen MR) is 127 cm³/mol. The second kappa shape index (κ2) is 7.30. The quantitative estimate of drug-likeness (QED) is 0.345. The Labute approximate surface area is 194 Å². The number of aryl methyl sites for hydroxylation is 1. The topological polar surface area (TPSA) is 74.3 Å². The Morgan fingerprint density at radius 3 is 2.70 bits per heavy atom. The van der Waals surface area contributed by atoms with E-state index < -0.39 is 5.54 Å². The molecule has 1 unspecified atom stereocenters. The van der Waals surface area contributed by atoms with Crippen LogP contribution in [0.3, 0.4) is 0 Å². The number of hydrogen-bond donors (Lipinski definition) is 3. The van der Waals surface area contributed by atoms with Gasteiger partial charge in [0.1, 0.15) is 11.6 Å². The number of rotatable bonds is 3. The SMILES string of the molecule is Cn1ccc(C2N[C@@](C)(c3ncc(-c4ccc(F)cc4)[nH]3)Cc3c2[nH]c2cc(Cl)ccc32)n1. The summed E-state index contributed by atoms with van der Waals surface area (Å²) < 4.78 is 15.2. The molecule has 3 N–H and O–H groups in total. The first-order valence-electron chi connectivity index (χ1n) is 10.8. The minimum atomic E-state index is -0.484. The van der Waals surface area contributed by atoms with E-state index in [4.69, 9.17) is 16.6 Å². The monoisotopic (exact) mass is 460 g/mol. The number of aromatic amines is 2. The molecule has 166 valence electrons. The van der Waals surface area contributed by atoms with E-state index in [-0.39, 0.29) is 11.9 Å². The average Bonchev–Trinajstić information content (AvgIpc) is 3.52. The van der Waals surface area contributed by atoms with Crippen molar-refractivity contribution >= 4 is 22.5 Å². The van der Waals surface area contributed by atoms with Gasteiger partial charge in [0.25, 0.3) is 0 Å². The highest BCUT2D eigenvalue weighted by atomic mass is 35.5. The molecule has 0 bridgehead atoms. The number of hydrogen-bond acceptors (Lipinski definition) is 3. The highest BCUT2D eigenvalue weighted by Crippen LogP contribution is 2.41. The molecular formula is C25H22ClFN6. The maximum absolute atomic E-state index is 13.4. The van der Waals surface area contributed by atoms with Crippen molar-refractivity contribution in [3.8, 4) is 11.3 Å². The molecule has 2 aromatic carbocycles. The number of aromatic nitrogens is 5. The predicted octanol–water partition coefficient (Wildman–Crippen LogP) is 5.23. The summed E-state index contributed by atoms with van der Waals surface area (Å²) >= 11 is 6.27. The molecule has 0 saturated carbocycles. The van der Waals surface area contributed by atoms with Crippen LogP contribution < -0.4 is 5.32 Å². The van der Waals surface area contributed by atoms with Gasteiger partial charge in [-0.05, 0) is 60.5 Å². The lowest BCUT2D eigenvalue weighted by atomic mass is 9.83. The van der Waals surface area contributed by atoms with Crippen molar-refractivity contribution in [1.29, 1.82) is 0 Å². The van der Waals surface area contributed by atoms with Gasteiger partial charge in [0.2, 0.25) is 0 Å². The summed E-state index contributed by atoms with van der Waals surface area (Å²) in [7, 11) is 1.92. The van der Waals surface area contributed by atoms with E-state index in [1.54, 1.807) is 18.3 Å². The molecule has 1 aliphatic rings. The van der Waals surface area contributed by atoms with Gasteiger partial charge in [0.15, 0.2) is 0 Å². The van der Waals surface area contributed by atoms with Gasteiger partial charge >= 0.3 is 0 Å². The number of H-pyrrole nitrogens is 2. The van der Waals surface area contributed by atoms with Crippen molar-refractivity contribution in [2.45, 2.75) is 24.9 Å². The molecule has 2 atom stereocenters. The number of benzene rings is 2. The van der Waals surface area contributed by atoms with Crippen LogP contribution in [-0.4, -0.2) is 24.7 Å². The third kappa shape index (κ3) is 3.35. The molecule has 8 heteroatoms. The zero-order valence-corrected chi connectivity index (χ0v) is 18.9. The van der Waals surface area contributed by atoms with E-state index >= 15 is 0 Å². The fraction of sp³-hybridized carbons (Fsp3) is 0.200. The van der Waals surface area contributed by atoms with Crippen LogP contribution in [0.5, 0.6) is 0 Å². The maximum atomic E-state index is 13.4. The number of halogens is 2. The molecule has 0 radical (unpaired) electrons. The highest BCUT2D eigenvalue weighted by Gasteiger charge is 2.41. The molecule has 3 aromatic heterocycles. The largest absolute Gasteiger partial charge is 0.356 e. The molecule has 6 nitrogen and oxygen atoms in total. The zero-order chi connectivity index (χ0) is 22.7. The van der Waals surface area contributed by atoms with E-state index in [0.29, 0.717) is 5.02 Å². The summed E-state index contributed by atoms with van der Waals surface area (Å²) in [5.74, 6) is 0.557. The van der Waals surface area contributed by atoms with Crippen LogP contribution in [0.2, 0.25) is 5.02 Å². The zero-order valence-electron chi connectivity index (χ0n) is 18.2. The Morgan fingerprint density at radius 2 is 1.94 bits per heavy atom. The Balaban J connectivity index is 1.47. The molecule has 4 heterocycles. The first-order valence-corrected chi connectivity index (χ1v) is 11.2. The van der Waals surface area contributed by atoms with Crippen LogP contribution in [0.1, 0.15) is 35.7 Å². The molecular weight excluding hydrogens is 439 g/mol. The molecule has 5 aromatic rings. The first kappa shape index (κ1) is 20.2. The van der Waals surface area contributed by atoms with Gasteiger partial charge in [-0.1, -0.05) is 17.7 Å². The van der Waals surface area contributed by atoms with Crippen molar-refractivity contribution in [3.63, 3.8) is 0 Å². The van der Waals surface area contributed by atoms with E-state index in [1.807, 2.05) is 36.1 Å². The van der Waals surface area contributed by atoms with Gasteiger partial charge in [0, 0.05) is 41.3 Å². The van der Waals surface area contributed by atoms with Crippen molar-refractivity contribution in [2.75, 3.05) is 0 Å². The lowest BCUT2D eigenvalue weighted by Crippen LogP contribution is -2.48. The van der Waals surface area contributed by atoms with Crippen molar-refractivity contribution in [1.82, 2.24) is 30.0 Å². The summed E-state index contributed by atoms with van der Waals surface area (Å²) in [6.45, 7) is 2.15. The summed E-state index contributed by atoms with van der Waals surface area (Å²) in [5, 5.41) is 10.3. The number of imidazole rings is 1. The third-order valence-electron chi connectivity index (χ3n) is 6.47. The van der Waals surface area contributed by atoms with Gasteiger partial charge in [-0.15, -0.1) is 0 Å². The van der Waals surface area contributed by atoms with E-state index in [2.05, 4.69) is 33.4 Å². The third-order valence-corrected chi connectivity index (χ3v) is 6.70. The molecule has 0 saturated heterocycles. The van der Waals surface area contributed by atoms with Crippen LogP contribution in [0.4, 0.5) is 4.39 Å². The average molecular weight is 461 g/mol. The number of nitrogens with one attached hydrogen (secondary N) is 3. The Hall–Kier alpha value is -3.42. The minimum absolute atomic E-state index is 0.148. The lowest BCUT2D eigenvalue weighted by Gasteiger charge is -2.38. The molecule has 0 amide bonds.